The van der Waals surface area contributed by atoms with Crippen molar-refractivity contribution in [3.05, 3.63) is 42.0 Å². The Labute approximate surface area is 155 Å². The van der Waals surface area contributed by atoms with Crippen LogP contribution in [0.15, 0.2) is 36.4 Å². The summed E-state index contributed by atoms with van der Waals surface area (Å²) < 4.78 is 0. The van der Waals surface area contributed by atoms with Gasteiger partial charge in [-0.1, -0.05) is 23.8 Å². The Balaban J connectivity index is 1.38. The highest BCUT2D eigenvalue weighted by atomic mass is 16.2. The molecule has 0 unspecified atom stereocenters. The minimum Gasteiger partial charge on any atom is -0.355 e. The van der Waals surface area contributed by atoms with Crippen LogP contribution in [-0.2, 0) is 4.79 Å². The Bertz CT molecular complexity index is 760. The zero-order valence-electron chi connectivity index (χ0n) is 15.4. The summed E-state index contributed by atoms with van der Waals surface area (Å²) in [6.07, 6.45) is 4.15. The number of carbonyl (C=O) groups excluding carboxylic acids is 1. The normalized spacial score (nSPS) is 18.3. The van der Waals surface area contributed by atoms with Gasteiger partial charge in [-0.15, -0.1) is 10.2 Å². The van der Waals surface area contributed by atoms with Crippen LogP contribution in [0, 0.1) is 12.8 Å². The molecule has 2 fully saturated rings. The van der Waals surface area contributed by atoms with E-state index in [0.29, 0.717) is 5.91 Å². The van der Waals surface area contributed by atoms with Gasteiger partial charge in [0.15, 0.2) is 5.82 Å². The quantitative estimate of drug-likeness (QED) is 0.852. The van der Waals surface area contributed by atoms with E-state index in [4.69, 9.17) is 0 Å². The fraction of sp³-hybridized carbons (Fsp3) is 0.476. The van der Waals surface area contributed by atoms with Gasteiger partial charge in [0, 0.05) is 37.7 Å². The third kappa shape index (κ3) is 3.57. The van der Waals surface area contributed by atoms with Gasteiger partial charge in [-0.05, 0) is 50.8 Å². The van der Waals surface area contributed by atoms with Gasteiger partial charge in [-0.25, -0.2) is 0 Å². The van der Waals surface area contributed by atoms with Gasteiger partial charge in [0.25, 0.3) is 0 Å². The molecule has 4 rings (SSSR count). The van der Waals surface area contributed by atoms with Crippen LogP contribution in [0.5, 0.6) is 0 Å². The smallest absolute Gasteiger partial charge is 0.225 e. The lowest BCUT2D eigenvalue weighted by Crippen LogP contribution is -2.42. The largest absolute Gasteiger partial charge is 0.355 e. The fourth-order valence-corrected chi connectivity index (χ4v) is 4.00. The van der Waals surface area contributed by atoms with Crippen LogP contribution < -0.4 is 4.90 Å². The van der Waals surface area contributed by atoms with E-state index in [1.165, 1.54) is 5.56 Å². The average molecular weight is 350 g/mol. The second-order valence-corrected chi connectivity index (χ2v) is 7.44. The molecule has 0 spiro atoms. The van der Waals surface area contributed by atoms with Crippen LogP contribution in [0.1, 0.15) is 31.2 Å². The molecule has 26 heavy (non-hydrogen) atoms. The summed E-state index contributed by atoms with van der Waals surface area (Å²) in [6, 6.07) is 12.4. The maximum Gasteiger partial charge on any atom is 0.225 e. The van der Waals surface area contributed by atoms with Crippen molar-refractivity contribution in [3.8, 4) is 11.3 Å². The number of hydrogen-bond acceptors (Lipinski definition) is 4. The van der Waals surface area contributed by atoms with Crippen LogP contribution in [0.25, 0.3) is 11.3 Å². The fourth-order valence-electron chi connectivity index (χ4n) is 4.00. The number of hydrogen-bond donors (Lipinski definition) is 0. The van der Waals surface area contributed by atoms with E-state index in [0.717, 1.165) is 68.9 Å². The molecule has 2 aliphatic heterocycles. The van der Waals surface area contributed by atoms with Crippen molar-refractivity contribution in [3.63, 3.8) is 0 Å². The summed E-state index contributed by atoms with van der Waals surface area (Å²) in [6.45, 7) is 5.74. The van der Waals surface area contributed by atoms with Crippen molar-refractivity contribution < 1.29 is 4.79 Å². The maximum atomic E-state index is 12.6. The number of rotatable bonds is 3. The first kappa shape index (κ1) is 17.0. The second-order valence-electron chi connectivity index (χ2n) is 7.44. The van der Waals surface area contributed by atoms with E-state index in [9.17, 15) is 4.79 Å². The molecule has 0 radical (unpaired) electrons. The molecule has 136 valence electrons. The minimum absolute atomic E-state index is 0.184. The third-order valence-electron chi connectivity index (χ3n) is 5.55. The summed E-state index contributed by atoms with van der Waals surface area (Å²) in [5.41, 5.74) is 3.22. The van der Waals surface area contributed by atoms with Crippen molar-refractivity contribution in [1.29, 1.82) is 0 Å². The highest BCUT2D eigenvalue weighted by Crippen LogP contribution is 2.25. The minimum atomic E-state index is 0.184. The number of aromatic nitrogens is 2. The topological polar surface area (TPSA) is 49.3 Å². The van der Waals surface area contributed by atoms with Crippen LogP contribution in [0.3, 0.4) is 0 Å². The molecular formula is C21H26N4O. The number of anilines is 1. The molecule has 0 N–H and O–H groups in total. The molecule has 2 saturated heterocycles. The predicted molar refractivity (Wildman–Crippen MR) is 103 cm³/mol. The molecule has 2 aliphatic rings. The average Bonchev–Trinajstić information content (AvgIpc) is 3.23. The molecule has 0 saturated carbocycles. The molecule has 0 atom stereocenters. The Morgan fingerprint density at radius 3 is 2.42 bits per heavy atom. The first-order valence-corrected chi connectivity index (χ1v) is 9.65. The van der Waals surface area contributed by atoms with Crippen LogP contribution in [-0.4, -0.2) is 47.2 Å². The van der Waals surface area contributed by atoms with E-state index in [1.54, 1.807) is 0 Å². The molecule has 5 nitrogen and oxygen atoms in total. The molecule has 1 amide bonds. The van der Waals surface area contributed by atoms with Gasteiger partial charge in [0.2, 0.25) is 5.91 Å². The monoisotopic (exact) mass is 350 g/mol. The Morgan fingerprint density at radius 1 is 1.00 bits per heavy atom. The molecule has 1 aromatic carbocycles. The highest BCUT2D eigenvalue weighted by Gasteiger charge is 2.30. The molecule has 2 aromatic rings. The van der Waals surface area contributed by atoms with Gasteiger partial charge in [0.05, 0.1) is 5.69 Å². The lowest BCUT2D eigenvalue weighted by Gasteiger charge is -2.33. The third-order valence-corrected chi connectivity index (χ3v) is 5.55. The first-order chi connectivity index (χ1) is 12.7. The summed E-state index contributed by atoms with van der Waals surface area (Å²) in [7, 11) is 0. The van der Waals surface area contributed by atoms with Crippen LogP contribution in [0.4, 0.5) is 5.82 Å². The standard InChI is InChI=1S/C21H26N4O/c1-16-5-4-6-18(15-16)19-7-8-20(23-22-19)24-13-9-17(10-14-24)21(26)25-11-2-3-12-25/h4-8,15,17H,2-3,9-14H2,1H3. The summed E-state index contributed by atoms with van der Waals surface area (Å²) in [5, 5.41) is 8.85. The zero-order valence-corrected chi connectivity index (χ0v) is 15.4. The number of amides is 1. The van der Waals surface area contributed by atoms with Crippen molar-refractivity contribution >= 4 is 11.7 Å². The SMILES string of the molecule is Cc1cccc(-c2ccc(N3CCC(C(=O)N4CCCC4)CC3)nn2)c1. The number of likely N-dealkylation sites (tertiary alicyclic amines) is 1. The molecular weight excluding hydrogens is 324 g/mol. The van der Waals surface area contributed by atoms with Gasteiger partial charge in [-0.2, -0.15) is 0 Å². The van der Waals surface area contributed by atoms with Gasteiger partial charge in [-0.3, -0.25) is 4.79 Å². The zero-order chi connectivity index (χ0) is 17.9. The van der Waals surface area contributed by atoms with E-state index in [1.807, 2.05) is 18.2 Å². The van der Waals surface area contributed by atoms with Gasteiger partial charge >= 0.3 is 0 Å². The van der Waals surface area contributed by atoms with E-state index in [2.05, 4.69) is 45.1 Å². The first-order valence-electron chi connectivity index (χ1n) is 9.65. The van der Waals surface area contributed by atoms with Crippen molar-refractivity contribution in [2.45, 2.75) is 32.6 Å². The number of carbonyl (C=O) groups is 1. The van der Waals surface area contributed by atoms with Gasteiger partial charge < -0.3 is 9.80 Å². The van der Waals surface area contributed by atoms with E-state index >= 15 is 0 Å². The Hall–Kier alpha value is -2.43. The molecule has 1 aromatic heterocycles. The lowest BCUT2D eigenvalue weighted by atomic mass is 9.95. The molecule has 0 aliphatic carbocycles. The molecule has 5 heteroatoms. The number of aryl methyl sites for hydroxylation is 1. The lowest BCUT2D eigenvalue weighted by molar-refractivity contribution is -0.135. The number of piperidine rings is 1. The Morgan fingerprint density at radius 2 is 1.77 bits per heavy atom. The Kier molecular flexibility index (Phi) is 4.87. The number of benzene rings is 1. The van der Waals surface area contributed by atoms with E-state index < -0.39 is 0 Å². The maximum absolute atomic E-state index is 12.6. The van der Waals surface area contributed by atoms with Crippen molar-refractivity contribution in [2.24, 2.45) is 5.92 Å². The van der Waals surface area contributed by atoms with Gasteiger partial charge in [0.1, 0.15) is 0 Å². The molecule has 0 bridgehead atoms. The number of nitrogens with zero attached hydrogens (tertiary/aromatic N) is 4. The second kappa shape index (κ2) is 7.44. The van der Waals surface area contributed by atoms with E-state index in [-0.39, 0.29) is 5.92 Å². The summed E-state index contributed by atoms with van der Waals surface area (Å²) in [4.78, 5) is 16.9. The van der Waals surface area contributed by atoms with Crippen LogP contribution in [0.2, 0.25) is 0 Å². The van der Waals surface area contributed by atoms with Crippen molar-refractivity contribution in [1.82, 2.24) is 15.1 Å². The summed E-state index contributed by atoms with van der Waals surface area (Å²) >= 11 is 0. The molecule has 3 heterocycles. The summed E-state index contributed by atoms with van der Waals surface area (Å²) in [5.74, 6) is 1.46. The van der Waals surface area contributed by atoms with Crippen LogP contribution >= 0.6 is 0 Å². The van der Waals surface area contributed by atoms with Crippen molar-refractivity contribution in [2.75, 3.05) is 31.1 Å². The predicted octanol–water partition coefficient (Wildman–Crippen LogP) is 3.29. The highest BCUT2D eigenvalue weighted by molar-refractivity contribution is 5.79.